The van der Waals surface area contributed by atoms with E-state index in [4.69, 9.17) is 14.5 Å². The van der Waals surface area contributed by atoms with Gasteiger partial charge < -0.3 is 23.8 Å². The highest BCUT2D eigenvalue weighted by Crippen LogP contribution is 2.58. The highest BCUT2D eigenvalue weighted by molar-refractivity contribution is 6.06. The highest BCUT2D eigenvalue weighted by Gasteiger charge is 2.61. The fourth-order valence-corrected chi connectivity index (χ4v) is 5.57. The van der Waals surface area contributed by atoms with Gasteiger partial charge in [-0.1, -0.05) is 0 Å². The quantitative estimate of drug-likeness (QED) is 0.601. The van der Waals surface area contributed by atoms with Crippen molar-refractivity contribution in [1.82, 2.24) is 14.0 Å². The van der Waals surface area contributed by atoms with E-state index in [0.29, 0.717) is 17.9 Å². The average Bonchev–Trinajstić information content (AvgIpc) is 3.08. The third kappa shape index (κ3) is 3.27. The van der Waals surface area contributed by atoms with Gasteiger partial charge >= 0.3 is 0 Å². The first-order chi connectivity index (χ1) is 16.1. The second-order valence-electron chi connectivity index (χ2n) is 11.0. The summed E-state index contributed by atoms with van der Waals surface area (Å²) < 4.78 is 15.5. The van der Waals surface area contributed by atoms with Gasteiger partial charge in [0.1, 0.15) is 17.1 Å². The van der Waals surface area contributed by atoms with Gasteiger partial charge in [0.25, 0.3) is 11.5 Å². The SMILES string of the molecule is CC(C)Oc1cc2nc(C34COC(C)(C3)C4)cn2cc1C(=O)Nc1cccn(C2(C)CC2)c1=O. The van der Waals surface area contributed by atoms with E-state index in [0.717, 1.165) is 37.0 Å². The molecule has 3 aromatic rings. The van der Waals surface area contributed by atoms with Crippen LogP contribution in [0.3, 0.4) is 0 Å². The van der Waals surface area contributed by atoms with Crippen molar-refractivity contribution in [3.63, 3.8) is 0 Å². The molecule has 34 heavy (non-hydrogen) atoms. The zero-order valence-electron chi connectivity index (χ0n) is 20.1. The Morgan fingerprint density at radius 2 is 2.00 bits per heavy atom. The molecule has 2 saturated carbocycles. The topological polar surface area (TPSA) is 86.9 Å². The van der Waals surface area contributed by atoms with Crippen LogP contribution in [0.15, 0.2) is 41.6 Å². The second kappa shape index (κ2) is 6.95. The van der Waals surface area contributed by atoms with Crippen LogP contribution < -0.4 is 15.6 Å². The minimum atomic E-state index is -0.387. The third-order valence-electron chi connectivity index (χ3n) is 7.58. The largest absolute Gasteiger partial charge is 0.490 e. The molecule has 0 atom stereocenters. The van der Waals surface area contributed by atoms with Crippen LogP contribution in [0, 0.1) is 0 Å². The molecule has 3 aromatic heterocycles. The molecule has 1 N–H and O–H groups in total. The molecule has 178 valence electrons. The summed E-state index contributed by atoms with van der Waals surface area (Å²) in [6.07, 6.45) is 9.24. The number of nitrogens with zero attached hydrogens (tertiary/aromatic N) is 3. The van der Waals surface area contributed by atoms with E-state index in [9.17, 15) is 9.59 Å². The van der Waals surface area contributed by atoms with Gasteiger partial charge in [-0.3, -0.25) is 9.59 Å². The predicted octanol–water partition coefficient (Wildman–Crippen LogP) is 3.87. The summed E-state index contributed by atoms with van der Waals surface area (Å²) in [5.41, 5.74) is 1.90. The lowest BCUT2D eigenvalue weighted by Crippen LogP contribution is -2.45. The molecule has 0 spiro atoms. The summed E-state index contributed by atoms with van der Waals surface area (Å²) in [4.78, 5) is 31.2. The number of pyridine rings is 2. The molecule has 4 aliphatic rings. The first kappa shape index (κ1) is 21.4. The Kier molecular flexibility index (Phi) is 4.37. The monoisotopic (exact) mass is 462 g/mol. The molecule has 0 radical (unpaired) electrons. The van der Waals surface area contributed by atoms with Gasteiger partial charge in [-0.25, -0.2) is 4.98 Å². The molecule has 1 amide bonds. The standard InChI is InChI=1S/C26H30N4O4/c1-16(2)34-19-10-21-28-20(26-13-25(4,14-26)33-15-26)12-29(21)11-17(19)22(31)27-18-6-5-9-30(23(18)32)24(3)7-8-24/h5-6,9-12,16H,7-8,13-15H2,1-4H3,(H,27,31). The maximum absolute atomic E-state index is 13.4. The van der Waals surface area contributed by atoms with Crippen LogP contribution in [0.25, 0.3) is 5.65 Å². The molecule has 2 saturated heterocycles. The Bertz CT molecular complexity index is 1380. The number of imidazole rings is 1. The zero-order chi connectivity index (χ0) is 23.9. The zero-order valence-corrected chi connectivity index (χ0v) is 20.1. The Balaban J connectivity index is 1.36. The summed E-state index contributed by atoms with van der Waals surface area (Å²) in [5.74, 6) is 0.0587. The van der Waals surface area contributed by atoms with Crippen molar-refractivity contribution in [2.45, 2.75) is 76.0 Å². The lowest BCUT2D eigenvalue weighted by atomic mass is 9.62. The molecule has 0 unspecified atom stereocenters. The fourth-order valence-electron chi connectivity index (χ4n) is 5.57. The summed E-state index contributed by atoms with van der Waals surface area (Å²) in [6.45, 7) is 8.71. The molecular weight excluding hydrogens is 432 g/mol. The Morgan fingerprint density at radius 3 is 2.65 bits per heavy atom. The van der Waals surface area contributed by atoms with Crippen molar-refractivity contribution in [1.29, 1.82) is 0 Å². The molecule has 2 aliphatic heterocycles. The van der Waals surface area contributed by atoms with Crippen molar-refractivity contribution >= 4 is 17.2 Å². The number of aromatic nitrogens is 3. The molecule has 0 aromatic carbocycles. The molecule has 2 aliphatic carbocycles. The number of hydrogen-bond acceptors (Lipinski definition) is 5. The average molecular weight is 463 g/mol. The summed E-state index contributed by atoms with van der Waals surface area (Å²) >= 11 is 0. The van der Waals surface area contributed by atoms with Crippen LogP contribution in [-0.2, 0) is 15.7 Å². The number of ether oxygens (including phenoxy) is 2. The summed E-state index contributed by atoms with van der Waals surface area (Å²) in [6, 6.07) is 5.25. The van der Waals surface area contributed by atoms with Gasteiger partial charge in [-0.15, -0.1) is 0 Å². The maximum atomic E-state index is 13.4. The smallest absolute Gasteiger partial charge is 0.274 e. The Morgan fingerprint density at radius 1 is 1.24 bits per heavy atom. The molecule has 5 heterocycles. The number of hydrogen-bond donors (Lipinski definition) is 1. The van der Waals surface area contributed by atoms with Gasteiger partial charge in [0, 0.05) is 35.6 Å². The molecule has 2 bridgehead atoms. The van der Waals surface area contributed by atoms with Crippen molar-refractivity contribution in [2.24, 2.45) is 0 Å². The minimum absolute atomic E-state index is 0.0348. The van der Waals surface area contributed by atoms with Crippen LogP contribution >= 0.6 is 0 Å². The molecular formula is C26H30N4O4. The van der Waals surface area contributed by atoms with Crippen LogP contribution in [0.4, 0.5) is 5.69 Å². The minimum Gasteiger partial charge on any atom is -0.490 e. The van der Waals surface area contributed by atoms with Crippen molar-refractivity contribution in [3.8, 4) is 5.75 Å². The van der Waals surface area contributed by atoms with Crippen LogP contribution in [0.1, 0.15) is 69.4 Å². The van der Waals surface area contributed by atoms with E-state index in [-0.39, 0.29) is 39.8 Å². The van der Waals surface area contributed by atoms with Crippen molar-refractivity contribution < 1.29 is 14.3 Å². The Labute approximate surface area is 197 Å². The van der Waals surface area contributed by atoms with E-state index < -0.39 is 0 Å². The predicted molar refractivity (Wildman–Crippen MR) is 128 cm³/mol. The maximum Gasteiger partial charge on any atom is 0.274 e. The third-order valence-corrected chi connectivity index (χ3v) is 7.58. The number of rotatable bonds is 6. The lowest BCUT2D eigenvalue weighted by Gasteiger charge is -2.41. The van der Waals surface area contributed by atoms with Crippen LogP contribution in [0.5, 0.6) is 5.75 Å². The van der Waals surface area contributed by atoms with Crippen LogP contribution in [-0.4, -0.2) is 38.2 Å². The number of fused-ring (bicyclic) bond motifs is 2. The number of nitrogens with one attached hydrogen (secondary N) is 1. The normalized spacial score (nSPS) is 26.5. The van der Waals surface area contributed by atoms with Gasteiger partial charge in [-0.2, -0.15) is 0 Å². The van der Waals surface area contributed by atoms with Crippen molar-refractivity contribution in [2.75, 3.05) is 11.9 Å². The first-order valence-corrected chi connectivity index (χ1v) is 12.0. The summed E-state index contributed by atoms with van der Waals surface area (Å²) in [7, 11) is 0. The lowest BCUT2D eigenvalue weighted by molar-refractivity contribution is 0.0154. The van der Waals surface area contributed by atoms with Gasteiger partial charge in [0.2, 0.25) is 0 Å². The fraction of sp³-hybridized carbons (Fsp3) is 0.500. The van der Waals surface area contributed by atoms with E-state index in [2.05, 4.69) is 19.2 Å². The van der Waals surface area contributed by atoms with E-state index in [1.165, 1.54) is 0 Å². The Hall–Kier alpha value is -3.13. The number of amides is 1. The van der Waals surface area contributed by atoms with Gasteiger partial charge in [0.15, 0.2) is 0 Å². The number of carbonyl (C=O) groups excluding carboxylic acids is 1. The first-order valence-electron chi connectivity index (χ1n) is 12.0. The molecule has 8 heteroatoms. The van der Waals surface area contributed by atoms with E-state index in [1.807, 2.05) is 24.4 Å². The molecule has 8 nitrogen and oxygen atoms in total. The number of anilines is 1. The summed E-state index contributed by atoms with van der Waals surface area (Å²) in [5, 5.41) is 2.82. The second-order valence-corrected chi connectivity index (χ2v) is 11.0. The van der Waals surface area contributed by atoms with Crippen LogP contribution in [0.2, 0.25) is 0 Å². The van der Waals surface area contributed by atoms with Gasteiger partial charge in [-0.05, 0) is 65.5 Å². The van der Waals surface area contributed by atoms with E-state index in [1.54, 1.807) is 35.2 Å². The van der Waals surface area contributed by atoms with E-state index >= 15 is 0 Å². The molecule has 4 fully saturated rings. The highest BCUT2D eigenvalue weighted by atomic mass is 16.5. The van der Waals surface area contributed by atoms with Gasteiger partial charge in [0.05, 0.1) is 29.6 Å². The number of carbonyl (C=O) groups is 1. The van der Waals surface area contributed by atoms with Crippen molar-refractivity contribution in [3.05, 3.63) is 58.4 Å². The molecule has 7 rings (SSSR count).